The van der Waals surface area contributed by atoms with Crippen molar-refractivity contribution in [2.75, 3.05) is 12.0 Å². The molecule has 0 radical (unpaired) electrons. The van der Waals surface area contributed by atoms with Crippen molar-refractivity contribution >= 4 is 39.1 Å². The normalized spacial score (nSPS) is 26.6. The van der Waals surface area contributed by atoms with E-state index < -0.39 is 32.9 Å². The molecule has 2 amide bonds. The molecule has 7 rings (SSSR count). The van der Waals surface area contributed by atoms with Gasteiger partial charge in [0.2, 0.25) is 11.8 Å². The largest absolute Gasteiger partial charge is 0.496 e. The van der Waals surface area contributed by atoms with Crippen LogP contribution in [0.4, 0.5) is 11.4 Å². The molecule has 1 saturated heterocycles. The number of ether oxygens (including phenoxy) is 1. The van der Waals surface area contributed by atoms with Crippen LogP contribution in [-0.4, -0.2) is 23.8 Å². The summed E-state index contributed by atoms with van der Waals surface area (Å²) in [4.78, 5) is 40.0. The Hall–Kier alpha value is -3.52. The molecule has 1 heterocycles. The summed E-state index contributed by atoms with van der Waals surface area (Å²) >= 11 is 3.92. The van der Waals surface area contributed by atoms with Crippen LogP contribution in [0.15, 0.2) is 66.7 Å². The van der Waals surface area contributed by atoms with Gasteiger partial charge in [-0.05, 0) is 34.4 Å². The van der Waals surface area contributed by atoms with Crippen LogP contribution >= 0.6 is 15.9 Å². The molecule has 3 aliphatic carbocycles. The fourth-order valence-electron chi connectivity index (χ4n) is 5.88. The van der Waals surface area contributed by atoms with Crippen LogP contribution in [0.2, 0.25) is 0 Å². The van der Waals surface area contributed by atoms with Gasteiger partial charge < -0.3 is 4.74 Å². The molecule has 1 aliphatic heterocycles. The van der Waals surface area contributed by atoms with Crippen LogP contribution in [0.25, 0.3) is 0 Å². The maximum absolute atomic E-state index is 13.9. The van der Waals surface area contributed by atoms with E-state index in [1.807, 2.05) is 48.5 Å². The van der Waals surface area contributed by atoms with Gasteiger partial charge in [-0.15, -0.1) is 0 Å². The third-order valence-electron chi connectivity index (χ3n) is 7.13. The molecule has 3 aromatic rings. The van der Waals surface area contributed by atoms with Gasteiger partial charge in [0.25, 0.3) is 5.69 Å². The number of rotatable bonds is 3. The molecule has 1 fully saturated rings. The van der Waals surface area contributed by atoms with E-state index in [4.69, 9.17) is 4.74 Å². The molecular weight excluding hydrogens is 488 g/mol. The van der Waals surface area contributed by atoms with Gasteiger partial charge >= 0.3 is 0 Å². The van der Waals surface area contributed by atoms with Crippen molar-refractivity contribution < 1.29 is 19.2 Å². The zero-order chi connectivity index (χ0) is 23.1. The topological polar surface area (TPSA) is 89.8 Å². The highest BCUT2D eigenvalue weighted by Crippen LogP contribution is 2.66. The van der Waals surface area contributed by atoms with Crippen molar-refractivity contribution in [3.63, 3.8) is 0 Å². The quantitative estimate of drug-likeness (QED) is 0.226. The van der Waals surface area contributed by atoms with Crippen LogP contribution in [0.5, 0.6) is 5.75 Å². The predicted octanol–water partition coefficient (Wildman–Crippen LogP) is 4.51. The van der Waals surface area contributed by atoms with Gasteiger partial charge in [0.05, 0.1) is 34.3 Å². The average Bonchev–Trinajstić information content (AvgIpc) is 3.10. The number of hydrogen-bond acceptors (Lipinski definition) is 5. The van der Waals surface area contributed by atoms with Crippen molar-refractivity contribution in [3.05, 3.63) is 99.1 Å². The van der Waals surface area contributed by atoms with Gasteiger partial charge in [-0.1, -0.05) is 64.5 Å². The first-order chi connectivity index (χ1) is 15.9. The molecule has 2 atom stereocenters. The average molecular weight is 505 g/mol. The van der Waals surface area contributed by atoms with Crippen LogP contribution in [0.3, 0.4) is 0 Å². The predicted molar refractivity (Wildman–Crippen MR) is 124 cm³/mol. The van der Waals surface area contributed by atoms with Gasteiger partial charge in [0.15, 0.2) is 0 Å². The van der Waals surface area contributed by atoms with Crippen LogP contribution in [0.1, 0.15) is 28.2 Å². The third kappa shape index (κ3) is 2.39. The van der Waals surface area contributed by atoms with Gasteiger partial charge in [-0.25, -0.2) is 4.90 Å². The lowest BCUT2D eigenvalue weighted by atomic mass is 9.55. The number of amides is 2. The summed E-state index contributed by atoms with van der Waals surface area (Å²) in [6.45, 7) is 0. The first-order valence-corrected chi connectivity index (χ1v) is 11.3. The molecule has 7 nitrogen and oxygen atoms in total. The summed E-state index contributed by atoms with van der Waals surface area (Å²) in [5, 5.41) is 11.8. The number of imide groups is 1. The second kappa shape index (κ2) is 6.74. The van der Waals surface area contributed by atoms with E-state index in [9.17, 15) is 19.7 Å². The number of hydrogen-bond donors (Lipinski definition) is 0. The minimum atomic E-state index is -0.900. The summed E-state index contributed by atoms with van der Waals surface area (Å²) in [5.74, 6) is -2.27. The number of carbonyl (C=O) groups is 2. The van der Waals surface area contributed by atoms with Gasteiger partial charge in [-0.3, -0.25) is 19.7 Å². The van der Waals surface area contributed by atoms with Crippen molar-refractivity contribution in [1.82, 2.24) is 0 Å². The molecule has 0 spiro atoms. The highest BCUT2D eigenvalue weighted by Gasteiger charge is 2.68. The maximum Gasteiger partial charge on any atom is 0.297 e. The van der Waals surface area contributed by atoms with Crippen molar-refractivity contribution in [2.24, 2.45) is 11.8 Å². The van der Waals surface area contributed by atoms with Crippen LogP contribution in [0, 0.1) is 22.0 Å². The first-order valence-electron chi connectivity index (χ1n) is 10.5. The fraction of sp³-hybridized carbons (Fsp3) is 0.200. The monoisotopic (exact) mass is 504 g/mol. The zero-order valence-electron chi connectivity index (χ0n) is 17.4. The van der Waals surface area contributed by atoms with Gasteiger partial charge in [0.1, 0.15) is 11.4 Å². The molecule has 0 N–H and O–H groups in total. The number of anilines is 1. The Bertz CT molecular complexity index is 1340. The lowest BCUT2D eigenvalue weighted by Crippen LogP contribution is -2.50. The second-order valence-electron chi connectivity index (χ2n) is 8.49. The van der Waals surface area contributed by atoms with E-state index >= 15 is 0 Å². The van der Waals surface area contributed by atoms with E-state index in [1.54, 1.807) is 0 Å². The van der Waals surface area contributed by atoms with Crippen LogP contribution in [-0.2, 0) is 13.9 Å². The number of nitrogens with zero attached hydrogens (tertiary/aromatic N) is 2. The number of benzene rings is 3. The molecule has 4 aliphatic rings. The molecule has 33 heavy (non-hydrogen) atoms. The van der Waals surface area contributed by atoms with E-state index in [1.165, 1.54) is 25.3 Å². The number of alkyl halides is 1. The summed E-state index contributed by atoms with van der Waals surface area (Å²) in [6.07, 6.45) is 0. The zero-order valence-corrected chi connectivity index (χ0v) is 19.0. The maximum atomic E-state index is 13.9. The summed E-state index contributed by atoms with van der Waals surface area (Å²) in [6, 6.07) is 19.8. The summed E-state index contributed by atoms with van der Waals surface area (Å²) < 4.78 is 4.21. The molecule has 0 saturated carbocycles. The highest BCUT2D eigenvalue weighted by molar-refractivity contribution is 9.09. The molecule has 0 unspecified atom stereocenters. The summed E-state index contributed by atoms with van der Waals surface area (Å²) in [5.41, 5.74) is 3.54. The summed E-state index contributed by atoms with van der Waals surface area (Å²) in [7, 11) is 1.40. The SMILES string of the molecule is COc1ccc(N2C(=O)[C@@H]3C4c5ccccc5C(Br)(c5ccccc54)[C@H]3C2=O)c([N+](=O)[O-])c1. The minimum Gasteiger partial charge on any atom is -0.496 e. The molecule has 8 heteroatoms. The molecular formula is C25H17BrN2O5. The minimum absolute atomic E-state index is 0.0335. The Labute approximate surface area is 197 Å². The standard InChI is InChI=1S/C25H17BrN2O5/c1-33-13-10-11-18(19(12-13)28(31)32)27-23(29)21-20-14-6-2-4-8-16(14)25(26,22(21)24(27)30)17-9-5-3-7-15(17)20/h2-12,20-22H,1H3/t20?,21-,22-,25?/m1/s1. The molecule has 164 valence electrons. The smallest absolute Gasteiger partial charge is 0.297 e. The van der Waals surface area contributed by atoms with E-state index in [2.05, 4.69) is 15.9 Å². The van der Waals surface area contributed by atoms with Gasteiger partial charge in [-0.2, -0.15) is 0 Å². The van der Waals surface area contributed by atoms with Crippen molar-refractivity contribution in [3.8, 4) is 5.75 Å². The van der Waals surface area contributed by atoms with Gasteiger partial charge in [0, 0.05) is 5.92 Å². The van der Waals surface area contributed by atoms with E-state index in [0.717, 1.165) is 27.2 Å². The molecule has 0 aromatic heterocycles. The number of nitro groups is 1. The van der Waals surface area contributed by atoms with Crippen molar-refractivity contribution in [1.29, 1.82) is 0 Å². The molecule has 2 bridgehead atoms. The highest BCUT2D eigenvalue weighted by atomic mass is 79.9. The first kappa shape index (κ1) is 20.1. The number of halogens is 1. The van der Waals surface area contributed by atoms with E-state index in [-0.39, 0.29) is 23.0 Å². The number of methoxy groups -OCH3 is 1. The Kier molecular flexibility index (Phi) is 4.11. The van der Waals surface area contributed by atoms with Crippen LogP contribution < -0.4 is 9.64 Å². The number of carbonyl (C=O) groups excluding carboxylic acids is 2. The third-order valence-corrected chi connectivity index (χ3v) is 8.48. The number of nitro benzene ring substituents is 1. The fourth-order valence-corrected chi connectivity index (χ4v) is 7.08. The Morgan fingerprint density at radius 1 is 0.970 bits per heavy atom. The second-order valence-corrected chi connectivity index (χ2v) is 9.74. The van der Waals surface area contributed by atoms with Crippen molar-refractivity contribution in [2.45, 2.75) is 10.2 Å². The Balaban J connectivity index is 1.59. The lowest BCUT2D eigenvalue weighted by Gasteiger charge is -2.51. The Morgan fingerprint density at radius 2 is 1.58 bits per heavy atom. The van der Waals surface area contributed by atoms with E-state index in [0.29, 0.717) is 0 Å². The lowest BCUT2D eigenvalue weighted by molar-refractivity contribution is -0.384. The molecule has 3 aromatic carbocycles. The Morgan fingerprint density at radius 3 is 2.15 bits per heavy atom.